The molecule has 0 saturated heterocycles. The molecular formula is C14H11N3O2. The molecule has 1 amide bonds. The van der Waals surface area contributed by atoms with E-state index in [2.05, 4.69) is 9.98 Å². The van der Waals surface area contributed by atoms with Crippen LogP contribution in [0.2, 0.25) is 0 Å². The fraction of sp³-hybridized carbons (Fsp3) is 0.0714. The van der Waals surface area contributed by atoms with Crippen molar-refractivity contribution in [3.63, 3.8) is 0 Å². The number of primary amides is 1. The van der Waals surface area contributed by atoms with Crippen molar-refractivity contribution in [3.8, 4) is 11.5 Å². The summed E-state index contributed by atoms with van der Waals surface area (Å²) in [5, 5.41) is 0.939. The normalized spacial score (nSPS) is 12.2. The number of fused-ring (bicyclic) bond motifs is 1. The first-order valence-corrected chi connectivity index (χ1v) is 5.81. The van der Waals surface area contributed by atoms with Crippen molar-refractivity contribution < 1.29 is 9.53 Å². The number of nitrogens with zero attached hydrogens (tertiary/aromatic N) is 2. The maximum absolute atomic E-state index is 11.3. The van der Waals surface area contributed by atoms with Crippen LogP contribution in [-0.4, -0.2) is 17.4 Å². The van der Waals surface area contributed by atoms with Gasteiger partial charge in [-0.25, -0.2) is 4.98 Å². The van der Waals surface area contributed by atoms with Crippen LogP contribution in [-0.2, 0) is 0 Å². The van der Waals surface area contributed by atoms with Crippen molar-refractivity contribution in [1.29, 1.82) is 0 Å². The van der Waals surface area contributed by atoms with Crippen molar-refractivity contribution in [3.05, 3.63) is 52.8 Å². The summed E-state index contributed by atoms with van der Waals surface area (Å²) in [5.74, 6) is 0.457. The molecule has 0 spiro atoms. The third-order valence-electron chi connectivity index (χ3n) is 2.80. The van der Waals surface area contributed by atoms with E-state index in [1.807, 2.05) is 12.1 Å². The molecular weight excluding hydrogens is 242 g/mol. The highest BCUT2D eigenvalue weighted by molar-refractivity contribution is 5.95. The first kappa shape index (κ1) is 11.4. The van der Waals surface area contributed by atoms with Gasteiger partial charge in [0.1, 0.15) is 11.5 Å². The van der Waals surface area contributed by atoms with Crippen LogP contribution < -0.4 is 21.2 Å². The van der Waals surface area contributed by atoms with E-state index in [1.54, 1.807) is 30.5 Å². The van der Waals surface area contributed by atoms with Crippen LogP contribution in [0, 0.1) is 0 Å². The molecule has 0 saturated carbocycles. The van der Waals surface area contributed by atoms with Gasteiger partial charge in [0.25, 0.3) is 5.91 Å². The maximum atomic E-state index is 11.3. The van der Waals surface area contributed by atoms with Gasteiger partial charge in [0.15, 0.2) is 5.49 Å². The Kier molecular flexibility index (Phi) is 2.72. The number of benzene rings is 1. The van der Waals surface area contributed by atoms with Gasteiger partial charge in [-0.1, -0.05) is 18.2 Å². The Balaban J connectivity index is 1.99. The van der Waals surface area contributed by atoms with Crippen molar-refractivity contribution >= 4 is 12.0 Å². The highest BCUT2D eigenvalue weighted by Crippen LogP contribution is 2.23. The summed E-state index contributed by atoms with van der Waals surface area (Å²) in [6.45, 7) is 0.643. The predicted molar refractivity (Wildman–Crippen MR) is 69.4 cm³/mol. The van der Waals surface area contributed by atoms with Crippen LogP contribution in [0.1, 0.15) is 10.4 Å². The van der Waals surface area contributed by atoms with Crippen LogP contribution >= 0.6 is 0 Å². The number of hydrogen-bond acceptors (Lipinski definition) is 4. The molecule has 0 unspecified atom stereocenters. The van der Waals surface area contributed by atoms with Gasteiger partial charge in [0.05, 0.1) is 18.3 Å². The third-order valence-corrected chi connectivity index (χ3v) is 2.80. The smallest absolute Gasteiger partial charge is 0.252 e. The van der Waals surface area contributed by atoms with E-state index in [1.165, 1.54) is 0 Å². The average Bonchev–Trinajstić information content (AvgIpc) is 2.86. The molecule has 2 heterocycles. The zero-order chi connectivity index (χ0) is 13.2. The second-order valence-corrected chi connectivity index (χ2v) is 4.09. The summed E-state index contributed by atoms with van der Waals surface area (Å²) in [7, 11) is 0. The van der Waals surface area contributed by atoms with E-state index in [9.17, 15) is 4.79 Å². The number of rotatable bonds is 3. The van der Waals surface area contributed by atoms with Gasteiger partial charge in [-0.3, -0.25) is 9.79 Å². The molecule has 19 heavy (non-hydrogen) atoms. The van der Waals surface area contributed by atoms with Gasteiger partial charge in [-0.2, -0.15) is 0 Å². The minimum absolute atomic E-state index is 0.344. The Morgan fingerprint density at radius 2 is 2.16 bits per heavy atom. The van der Waals surface area contributed by atoms with Gasteiger partial charge in [-0.05, 0) is 18.2 Å². The predicted octanol–water partition coefficient (Wildman–Crippen LogP) is 0.386. The number of para-hydroxylation sites is 1. The summed E-state index contributed by atoms with van der Waals surface area (Å²) in [6, 6.07) is 8.68. The fourth-order valence-electron chi connectivity index (χ4n) is 1.91. The summed E-state index contributed by atoms with van der Waals surface area (Å²) >= 11 is 0. The third kappa shape index (κ3) is 2.18. The van der Waals surface area contributed by atoms with E-state index in [4.69, 9.17) is 10.5 Å². The molecule has 1 aromatic heterocycles. The molecule has 0 bridgehead atoms. The standard InChI is InChI=1S/C14H11N3O2/c15-13(18)11-3-1-2-4-12(11)19-10-7-9-5-6-16-14(9)17-8-10/h1-5,7-8H,6H2,(H2,15,18). The van der Waals surface area contributed by atoms with Gasteiger partial charge in [-0.15, -0.1) is 0 Å². The molecule has 5 nitrogen and oxygen atoms in total. The maximum Gasteiger partial charge on any atom is 0.252 e. The number of carbonyl (C=O) groups is 1. The zero-order valence-corrected chi connectivity index (χ0v) is 10.0. The first-order chi connectivity index (χ1) is 9.24. The Labute approximate surface area is 109 Å². The highest BCUT2D eigenvalue weighted by atomic mass is 16.5. The number of hydrogen-bond donors (Lipinski definition) is 1. The monoisotopic (exact) mass is 253 g/mol. The molecule has 1 aromatic carbocycles. The molecule has 0 radical (unpaired) electrons. The first-order valence-electron chi connectivity index (χ1n) is 5.81. The Morgan fingerprint density at radius 1 is 1.32 bits per heavy atom. The van der Waals surface area contributed by atoms with E-state index >= 15 is 0 Å². The number of ether oxygens (including phenoxy) is 1. The van der Waals surface area contributed by atoms with Crippen molar-refractivity contribution in [1.82, 2.24) is 4.98 Å². The van der Waals surface area contributed by atoms with Crippen LogP contribution in [0.3, 0.4) is 0 Å². The lowest BCUT2D eigenvalue weighted by molar-refractivity contribution is 0.0998. The van der Waals surface area contributed by atoms with E-state index in [0.29, 0.717) is 23.6 Å². The number of carbonyl (C=O) groups excluding carboxylic acids is 1. The van der Waals surface area contributed by atoms with Crippen LogP contribution in [0.5, 0.6) is 11.5 Å². The zero-order valence-electron chi connectivity index (χ0n) is 10.0. The van der Waals surface area contributed by atoms with Gasteiger partial charge in [0.2, 0.25) is 0 Å². The van der Waals surface area contributed by atoms with Gasteiger partial charge in [0, 0.05) is 5.22 Å². The second kappa shape index (κ2) is 4.53. The van der Waals surface area contributed by atoms with Gasteiger partial charge < -0.3 is 10.5 Å². The molecule has 0 fully saturated rings. The summed E-state index contributed by atoms with van der Waals surface area (Å²) < 4.78 is 5.67. The summed E-state index contributed by atoms with van der Waals surface area (Å²) in [4.78, 5) is 19.7. The van der Waals surface area contributed by atoms with Crippen LogP contribution in [0.25, 0.3) is 6.08 Å². The fourth-order valence-corrected chi connectivity index (χ4v) is 1.91. The highest BCUT2D eigenvalue weighted by Gasteiger charge is 2.09. The number of pyridine rings is 1. The van der Waals surface area contributed by atoms with Crippen molar-refractivity contribution in [2.45, 2.75) is 0 Å². The minimum atomic E-state index is -0.522. The molecule has 2 aromatic rings. The quantitative estimate of drug-likeness (QED) is 0.859. The largest absolute Gasteiger partial charge is 0.455 e. The SMILES string of the molecule is NC(=O)c1ccccc1Oc1cnc2c(c1)=CCN=2. The van der Waals surface area contributed by atoms with E-state index in [0.717, 1.165) is 10.7 Å². The number of amides is 1. The Bertz CT molecular complexity index is 769. The summed E-state index contributed by atoms with van der Waals surface area (Å²) in [5.41, 5.74) is 6.36. The lowest BCUT2D eigenvalue weighted by Gasteiger charge is -2.08. The minimum Gasteiger partial charge on any atom is -0.455 e. The molecule has 1 aliphatic heterocycles. The molecule has 0 atom stereocenters. The summed E-state index contributed by atoms with van der Waals surface area (Å²) in [6.07, 6.45) is 3.55. The molecule has 1 aliphatic rings. The molecule has 94 valence electrons. The van der Waals surface area contributed by atoms with E-state index in [-0.39, 0.29) is 0 Å². The van der Waals surface area contributed by atoms with Crippen molar-refractivity contribution in [2.75, 3.05) is 6.54 Å². The lowest BCUT2D eigenvalue weighted by Crippen LogP contribution is -2.24. The molecule has 3 rings (SSSR count). The second-order valence-electron chi connectivity index (χ2n) is 4.09. The van der Waals surface area contributed by atoms with Crippen LogP contribution in [0.15, 0.2) is 41.5 Å². The topological polar surface area (TPSA) is 77.6 Å². The van der Waals surface area contributed by atoms with Gasteiger partial charge >= 0.3 is 0 Å². The number of nitrogens with two attached hydrogens (primary N) is 1. The van der Waals surface area contributed by atoms with Crippen LogP contribution in [0.4, 0.5) is 0 Å². The van der Waals surface area contributed by atoms with Crippen molar-refractivity contribution in [2.24, 2.45) is 10.7 Å². The lowest BCUT2D eigenvalue weighted by atomic mass is 10.2. The Hall–Kier alpha value is -2.69. The molecule has 5 heteroatoms. The average molecular weight is 253 g/mol. The molecule has 2 N–H and O–H groups in total. The number of aromatic nitrogens is 1. The van der Waals surface area contributed by atoms with E-state index < -0.39 is 5.91 Å². The Morgan fingerprint density at radius 3 is 3.00 bits per heavy atom. The molecule has 0 aliphatic carbocycles.